The number of methoxy groups -OCH3 is 1. The minimum atomic E-state index is -0.724. The Morgan fingerprint density at radius 2 is 2.29 bits per heavy atom. The molecule has 0 saturated carbocycles. The Balaban J connectivity index is 1.94. The summed E-state index contributed by atoms with van der Waals surface area (Å²) >= 11 is 0. The molecule has 1 aliphatic rings. The smallest absolute Gasteiger partial charge is 0.303 e. The summed E-state index contributed by atoms with van der Waals surface area (Å²) in [6, 6.07) is 5.25. The van der Waals surface area contributed by atoms with Gasteiger partial charge >= 0.3 is 5.97 Å². The van der Waals surface area contributed by atoms with E-state index in [0.717, 1.165) is 43.7 Å². The number of carboxylic acids is 1. The van der Waals surface area contributed by atoms with Gasteiger partial charge in [0.1, 0.15) is 11.5 Å². The van der Waals surface area contributed by atoms with E-state index >= 15 is 0 Å². The lowest BCUT2D eigenvalue weighted by atomic mass is 9.93. The van der Waals surface area contributed by atoms with Gasteiger partial charge in [0.25, 0.3) is 0 Å². The predicted octanol–water partition coefficient (Wildman–Crippen LogP) is 2.48. The van der Waals surface area contributed by atoms with Crippen LogP contribution in [0.5, 0.6) is 11.5 Å². The van der Waals surface area contributed by atoms with Crippen molar-refractivity contribution in [2.24, 2.45) is 5.92 Å². The fourth-order valence-corrected chi connectivity index (χ4v) is 2.91. The van der Waals surface area contributed by atoms with Crippen molar-refractivity contribution in [3.05, 3.63) is 23.8 Å². The molecule has 1 fully saturated rings. The third kappa shape index (κ3) is 4.63. The van der Waals surface area contributed by atoms with Crippen LogP contribution in [0, 0.1) is 5.92 Å². The second-order valence-corrected chi connectivity index (χ2v) is 5.67. The Labute approximate surface area is 125 Å². The van der Waals surface area contributed by atoms with Gasteiger partial charge in [-0.1, -0.05) is 0 Å². The van der Waals surface area contributed by atoms with E-state index in [1.54, 1.807) is 19.2 Å². The van der Waals surface area contributed by atoms with Crippen molar-refractivity contribution in [3.8, 4) is 11.5 Å². The first-order chi connectivity index (χ1) is 10.1. The Hall–Kier alpha value is -1.75. The molecule has 2 N–H and O–H groups in total. The van der Waals surface area contributed by atoms with Gasteiger partial charge in [0.05, 0.1) is 7.11 Å². The molecular formula is C16H23NO4. The summed E-state index contributed by atoms with van der Waals surface area (Å²) in [5, 5.41) is 18.7. The minimum absolute atomic E-state index is 0.239. The quantitative estimate of drug-likeness (QED) is 0.843. The maximum absolute atomic E-state index is 10.7. The lowest BCUT2D eigenvalue weighted by molar-refractivity contribution is -0.137. The number of phenolic OH excluding ortho intramolecular Hbond substituents is 1. The van der Waals surface area contributed by atoms with Crippen molar-refractivity contribution >= 4 is 5.97 Å². The number of aliphatic carboxylic acids is 1. The van der Waals surface area contributed by atoms with Gasteiger partial charge < -0.3 is 14.9 Å². The molecule has 1 saturated heterocycles. The van der Waals surface area contributed by atoms with Crippen LogP contribution in [-0.2, 0) is 11.3 Å². The molecular weight excluding hydrogens is 270 g/mol. The molecule has 1 atom stereocenters. The fraction of sp³-hybridized carbons (Fsp3) is 0.562. The molecule has 0 radical (unpaired) electrons. The first kappa shape index (κ1) is 15.6. The number of hydrogen-bond donors (Lipinski definition) is 2. The van der Waals surface area contributed by atoms with Gasteiger partial charge in [0.15, 0.2) is 0 Å². The topological polar surface area (TPSA) is 70.0 Å². The standard InChI is InChI=1S/C16H23NO4/c1-21-14-5-6-15(18)13(9-14)11-17-8-2-3-12(10-17)4-7-16(19)20/h5-6,9,12,18H,2-4,7-8,10-11H2,1H3,(H,19,20). The van der Waals surface area contributed by atoms with Gasteiger partial charge in [0, 0.05) is 25.1 Å². The molecule has 1 aromatic carbocycles. The normalized spacial score (nSPS) is 19.4. The zero-order valence-corrected chi connectivity index (χ0v) is 12.4. The van der Waals surface area contributed by atoms with Gasteiger partial charge in [-0.25, -0.2) is 0 Å². The van der Waals surface area contributed by atoms with Crippen molar-refractivity contribution in [3.63, 3.8) is 0 Å². The van der Waals surface area contributed by atoms with Crippen molar-refractivity contribution in [1.82, 2.24) is 4.90 Å². The molecule has 0 aromatic heterocycles. The molecule has 5 nitrogen and oxygen atoms in total. The fourth-order valence-electron chi connectivity index (χ4n) is 2.91. The van der Waals surface area contributed by atoms with E-state index in [2.05, 4.69) is 4.90 Å². The number of hydrogen-bond acceptors (Lipinski definition) is 4. The SMILES string of the molecule is COc1ccc(O)c(CN2CCCC(CCC(=O)O)C2)c1. The second-order valence-electron chi connectivity index (χ2n) is 5.67. The van der Waals surface area contributed by atoms with Crippen LogP contribution in [-0.4, -0.2) is 41.3 Å². The molecule has 0 spiro atoms. The van der Waals surface area contributed by atoms with E-state index < -0.39 is 5.97 Å². The average Bonchev–Trinajstić information content (AvgIpc) is 2.48. The van der Waals surface area contributed by atoms with Gasteiger partial charge in [-0.2, -0.15) is 0 Å². The van der Waals surface area contributed by atoms with E-state index in [1.165, 1.54) is 0 Å². The largest absolute Gasteiger partial charge is 0.508 e. The predicted molar refractivity (Wildman–Crippen MR) is 79.5 cm³/mol. The number of likely N-dealkylation sites (tertiary alicyclic amines) is 1. The lowest BCUT2D eigenvalue weighted by Gasteiger charge is -2.32. The van der Waals surface area contributed by atoms with E-state index in [0.29, 0.717) is 12.5 Å². The number of piperidine rings is 1. The monoisotopic (exact) mass is 293 g/mol. The van der Waals surface area contributed by atoms with Crippen molar-refractivity contribution in [2.75, 3.05) is 20.2 Å². The Morgan fingerprint density at radius 3 is 3.00 bits per heavy atom. The molecule has 1 heterocycles. The van der Waals surface area contributed by atoms with Gasteiger partial charge in [-0.15, -0.1) is 0 Å². The Bertz CT molecular complexity index is 489. The minimum Gasteiger partial charge on any atom is -0.508 e. The molecule has 0 bridgehead atoms. The number of carbonyl (C=O) groups is 1. The van der Waals surface area contributed by atoms with E-state index in [4.69, 9.17) is 9.84 Å². The number of ether oxygens (including phenoxy) is 1. The summed E-state index contributed by atoms with van der Waals surface area (Å²) in [5.41, 5.74) is 0.855. The van der Waals surface area contributed by atoms with Crippen molar-refractivity contribution < 1.29 is 19.7 Å². The van der Waals surface area contributed by atoms with Gasteiger partial charge in [0.2, 0.25) is 0 Å². The molecule has 116 valence electrons. The summed E-state index contributed by atoms with van der Waals surface area (Å²) < 4.78 is 5.19. The van der Waals surface area contributed by atoms with Crippen LogP contribution >= 0.6 is 0 Å². The zero-order chi connectivity index (χ0) is 15.2. The maximum atomic E-state index is 10.7. The number of rotatable bonds is 6. The molecule has 1 aromatic rings. The summed E-state index contributed by atoms with van der Waals surface area (Å²) in [6.45, 7) is 2.55. The van der Waals surface area contributed by atoms with Crippen LogP contribution in [0.2, 0.25) is 0 Å². The maximum Gasteiger partial charge on any atom is 0.303 e. The third-order valence-corrected chi connectivity index (χ3v) is 4.05. The first-order valence-corrected chi connectivity index (χ1v) is 7.38. The molecule has 21 heavy (non-hydrogen) atoms. The van der Waals surface area contributed by atoms with E-state index in [9.17, 15) is 9.90 Å². The lowest BCUT2D eigenvalue weighted by Crippen LogP contribution is -2.35. The summed E-state index contributed by atoms with van der Waals surface area (Å²) in [4.78, 5) is 13.0. The van der Waals surface area contributed by atoms with Crippen molar-refractivity contribution in [2.45, 2.75) is 32.2 Å². The van der Waals surface area contributed by atoms with Crippen LogP contribution in [0.4, 0.5) is 0 Å². The number of aromatic hydroxyl groups is 1. The van der Waals surface area contributed by atoms with Crippen LogP contribution in [0.25, 0.3) is 0 Å². The summed E-state index contributed by atoms with van der Waals surface area (Å²) in [5.74, 6) is 0.728. The van der Waals surface area contributed by atoms with Gasteiger partial charge in [-0.05, 0) is 49.9 Å². The zero-order valence-electron chi connectivity index (χ0n) is 12.4. The van der Waals surface area contributed by atoms with Crippen molar-refractivity contribution in [1.29, 1.82) is 0 Å². The highest BCUT2D eigenvalue weighted by Crippen LogP contribution is 2.27. The molecule has 1 aliphatic heterocycles. The van der Waals surface area contributed by atoms with E-state index in [1.807, 2.05) is 6.07 Å². The third-order valence-electron chi connectivity index (χ3n) is 4.05. The highest BCUT2D eigenvalue weighted by atomic mass is 16.5. The molecule has 5 heteroatoms. The van der Waals surface area contributed by atoms with Crippen LogP contribution < -0.4 is 4.74 Å². The number of phenols is 1. The summed E-state index contributed by atoms with van der Waals surface area (Å²) in [6.07, 6.45) is 3.14. The number of nitrogens with zero attached hydrogens (tertiary/aromatic N) is 1. The second kappa shape index (κ2) is 7.31. The molecule has 1 unspecified atom stereocenters. The highest BCUT2D eigenvalue weighted by Gasteiger charge is 2.21. The molecule has 2 rings (SSSR count). The number of carboxylic acid groups (broad SMARTS) is 1. The summed E-state index contributed by atoms with van der Waals surface area (Å²) in [7, 11) is 1.61. The molecule has 0 amide bonds. The average molecular weight is 293 g/mol. The first-order valence-electron chi connectivity index (χ1n) is 7.38. The van der Waals surface area contributed by atoms with Gasteiger partial charge in [-0.3, -0.25) is 9.69 Å². The molecule has 0 aliphatic carbocycles. The Morgan fingerprint density at radius 1 is 1.48 bits per heavy atom. The van der Waals surface area contributed by atoms with Crippen LogP contribution in [0.15, 0.2) is 18.2 Å². The number of benzene rings is 1. The van der Waals surface area contributed by atoms with Crippen LogP contribution in [0.1, 0.15) is 31.2 Å². The van der Waals surface area contributed by atoms with E-state index in [-0.39, 0.29) is 12.2 Å². The Kier molecular flexibility index (Phi) is 5.44. The highest BCUT2D eigenvalue weighted by molar-refractivity contribution is 5.66. The van der Waals surface area contributed by atoms with Crippen LogP contribution in [0.3, 0.4) is 0 Å².